The number of para-hydroxylation sites is 1. The van der Waals surface area contributed by atoms with Crippen LogP contribution in [0.15, 0.2) is 72.8 Å². The molecule has 5 rings (SSSR count). The van der Waals surface area contributed by atoms with Gasteiger partial charge in [0.15, 0.2) is 11.5 Å². The number of methoxy groups -OCH3 is 1. The highest BCUT2D eigenvalue weighted by Gasteiger charge is 2.39. The fraction of sp³-hybridized carbons (Fsp3) is 0.488. The predicted octanol–water partition coefficient (Wildman–Crippen LogP) is 7.43. The van der Waals surface area contributed by atoms with Crippen molar-refractivity contribution in [3.63, 3.8) is 0 Å². The zero-order valence-corrected chi connectivity index (χ0v) is 32.8. The minimum Gasteiger partial charge on any atom is -0.507 e. The van der Waals surface area contributed by atoms with E-state index >= 15 is 0 Å². The molecule has 2 aliphatic rings. The summed E-state index contributed by atoms with van der Waals surface area (Å²) in [5, 5.41) is 16.5. The maximum Gasteiger partial charge on any atom is 0.411 e. The Labute approximate surface area is 322 Å². The molecule has 3 amide bonds. The van der Waals surface area contributed by atoms with E-state index in [-0.39, 0.29) is 29.0 Å². The number of phenolic OH excluding ortho intramolecular Hbond substituents is 1. The maximum absolute atomic E-state index is 14.2. The summed E-state index contributed by atoms with van der Waals surface area (Å²) < 4.78 is 17.6. The highest BCUT2D eigenvalue weighted by molar-refractivity contribution is 8.00. The summed E-state index contributed by atoms with van der Waals surface area (Å²) in [6.45, 7) is 5.90. The molecule has 1 saturated heterocycles. The van der Waals surface area contributed by atoms with Crippen LogP contribution in [0, 0.1) is 5.92 Å². The molecule has 1 aliphatic carbocycles. The second kappa shape index (κ2) is 19.3. The fourth-order valence-corrected chi connectivity index (χ4v) is 9.24. The predicted molar refractivity (Wildman–Crippen MR) is 212 cm³/mol. The summed E-state index contributed by atoms with van der Waals surface area (Å²) in [7, 11) is 1.62. The number of carbonyl (C=O) groups is 3. The van der Waals surface area contributed by atoms with E-state index in [0.29, 0.717) is 42.1 Å². The molecule has 10 nitrogen and oxygen atoms in total. The Bertz CT molecular complexity index is 1660. The largest absolute Gasteiger partial charge is 0.507 e. The van der Waals surface area contributed by atoms with E-state index in [1.165, 1.54) is 54.8 Å². The van der Waals surface area contributed by atoms with Crippen molar-refractivity contribution in [1.29, 1.82) is 0 Å². The fourth-order valence-electron chi connectivity index (χ4n) is 6.54. The molecule has 3 atom stereocenters. The average Bonchev–Trinajstić information content (AvgIpc) is 3.65. The molecule has 0 aromatic heterocycles. The van der Waals surface area contributed by atoms with Gasteiger partial charge < -0.3 is 30.0 Å². The average molecular weight is 764 g/mol. The number of rotatable bonds is 15. The first kappa shape index (κ1) is 40.2. The molecular weight excluding hydrogens is 711 g/mol. The van der Waals surface area contributed by atoms with Crippen molar-refractivity contribution in [3.05, 3.63) is 89.5 Å². The lowest BCUT2D eigenvalue weighted by Crippen LogP contribution is -2.56. The molecule has 3 N–H and O–H groups in total. The minimum atomic E-state index is -0.728. The van der Waals surface area contributed by atoms with Gasteiger partial charge in [0.2, 0.25) is 5.91 Å². The van der Waals surface area contributed by atoms with Crippen LogP contribution >= 0.6 is 23.5 Å². The van der Waals surface area contributed by atoms with Gasteiger partial charge in [0.05, 0.1) is 24.6 Å². The lowest BCUT2D eigenvalue weighted by Gasteiger charge is -2.33. The van der Waals surface area contributed by atoms with E-state index in [4.69, 9.17) is 14.2 Å². The van der Waals surface area contributed by atoms with Crippen LogP contribution in [0.3, 0.4) is 0 Å². The number of hydrogen-bond acceptors (Lipinski definition) is 9. The smallest absolute Gasteiger partial charge is 0.411 e. The lowest BCUT2D eigenvalue weighted by atomic mass is 9.91. The van der Waals surface area contributed by atoms with Crippen molar-refractivity contribution in [2.75, 3.05) is 31.0 Å². The van der Waals surface area contributed by atoms with Crippen LogP contribution in [0.4, 0.5) is 4.79 Å². The quantitative estimate of drug-likeness (QED) is 0.145. The van der Waals surface area contributed by atoms with Crippen molar-refractivity contribution < 1.29 is 33.7 Å². The van der Waals surface area contributed by atoms with Gasteiger partial charge >= 0.3 is 6.09 Å². The summed E-state index contributed by atoms with van der Waals surface area (Å²) in [4.78, 5) is 42.2. The Morgan fingerprint density at radius 1 is 0.962 bits per heavy atom. The molecule has 0 bridgehead atoms. The van der Waals surface area contributed by atoms with Crippen LogP contribution in [0.1, 0.15) is 74.4 Å². The number of benzene rings is 3. The molecule has 12 heteroatoms. The number of carbonyl (C=O) groups excluding carboxylic acids is 3. The molecule has 0 spiro atoms. The topological polar surface area (TPSA) is 126 Å². The first-order valence-corrected chi connectivity index (χ1v) is 20.6. The summed E-state index contributed by atoms with van der Waals surface area (Å²) in [6, 6.07) is 21.0. The molecule has 3 aromatic carbocycles. The Morgan fingerprint density at radius 3 is 2.42 bits per heavy atom. The van der Waals surface area contributed by atoms with E-state index in [1.54, 1.807) is 46.1 Å². The van der Waals surface area contributed by atoms with Crippen LogP contribution in [0.2, 0.25) is 0 Å². The first-order chi connectivity index (χ1) is 25.5. The van der Waals surface area contributed by atoms with Gasteiger partial charge in [0.1, 0.15) is 24.0 Å². The number of amides is 3. The summed E-state index contributed by atoms with van der Waals surface area (Å²) >= 11 is 3.31. The SMILES string of the molecule is COc1ccc(CC(SCC2CCCCC2)C(CNC(=O)c2ccccc2O)NC(=O)[C@@H]2CSCN2C(=O)OC(C)(C)C)cc1OCc1ccccc1. The highest BCUT2D eigenvalue weighted by Crippen LogP contribution is 2.34. The van der Waals surface area contributed by atoms with Crippen molar-refractivity contribution in [2.24, 2.45) is 5.92 Å². The molecule has 53 heavy (non-hydrogen) atoms. The normalized spacial score (nSPS) is 17.4. The van der Waals surface area contributed by atoms with Gasteiger partial charge in [-0.1, -0.05) is 67.8 Å². The highest BCUT2D eigenvalue weighted by atomic mass is 32.2. The van der Waals surface area contributed by atoms with E-state index in [2.05, 4.69) is 10.6 Å². The summed E-state index contributed by atoms with van der Waals surface area (Å²) in [5.41, 5.74) is 1.48. The van der Waals surface area contributed by atoms with E-state index in [0.717, 1.165) is 16.9 Å². The standard InChI is InChI=1S/C41H53N3O7S2/c1-41(2,3)51-40(48)44-27-52-26-33(44)39(47)43-32(23-42-38(46)31-17-11-12-18-34(31)45)37(53-25-29-15-9-6-10-16-29)22-30-19-20-35(49-4)36(21-30)50-24-28-13-7-5-8-14-28/h5,7-8,11-14,17-21,29,32-33,37,45H,6,9-10,15-16,22-27H2,1-4H3,(H,42,46)(H,43,47)/t32?,33-,37?/m0/s1. The molecule has 0 radical (unpaired) electrons. The number of hydrogen-bond donors (Lipinski definition) is 3. The second-order valence-electron chi connectivity index (χ2n) is 14.6. The van der Waals surface area contributed by atoms with Gasteiger partial charge in [-0.05, 0) is 87.1 Å². The Hall–Kier alpha value is -4.03. The Kier molecular flexibility index (Phi) is 14.7. The molecule has 286 valence electrons. The summed E-state index contributed by atoms with van der Waals surface area (Å²) in [6.07, 6.45) is 6.06. The van der Waals surface area contributed by atoms with E-state index in [1.807, 2.05) is 60.3 Å². The number of thioether (sulfide) groups is 2. The first-order valence-electron chi connectivity index (χ1n) is 18.4. The van der Waals surface area contributed by atoms with Crippen molar-refractivity contribution >= 4 is 41.4 Å². The van der Waals surface area contributed by atoms with Crippen LogP contribution in [-0.2, 0) is 22.6 Å². The number of aromatic hydroxyl groups is 1. The molecule has 1 saturated carbocycles. The van der Waals surface area contributed by atoms with Crippen molar-refractivity contribution in [3.8, 4) is 17.2 Å². The van der Waals surface area contributed by atoms with Gasteiger partial charge in [0.25, 0.3) is 5.91 Å². The van der Waals surface area contributed by atoms with Crippen molar-refractivity contribution in [2.45, 2.75) is 88.8 Å². The number of ether oxygens (including phenoxy) is 3. The third kappa shape index (κ3) is 12.0. The van der Waals surface area contributed by atoms with Crippen LogP contribution in [0.5, 0.6) is 17.2 Å². The van der Waals surface area contributed by atoms with Gasteiger partial charge in [-0.2, -0.15) is 11.8 Å². The Balaban J connectivity index is 1.42. The van der Waals surface area contributed by atoms with Gasteiger partial charge in [-0.15, -0.1) is 11.8 Å². The zero-order chi connectivity index (χ0) is 37.8. The minimum absolute atomic E-state index is 0.112. The number of nitrogens with one attached hydrogen (secondary N) is 2. The summed E-state index contributed by atoms with van der Waals surface area (Å²) in [5.74, 6) is 2.65. The number of phenols is 1. The zero-order valence-electron chi connectivity index (χ0n) is 31.2. The van der Waals surface area contributed by atoms with Gasteiger partial charge in [0, 0.05) is 17.5 Å². The van der Waals surface area contributed by atoms with E-state index < -0.39 is 29.7 Å². The molecule has 1 heterocycles. The third-order valence-electron chi connectivity index (χ3n) is 9.39. The molecule has 2 fully saturated rings. The molecular formula is C41H53N3O7S2. The third-order valence-corrected chi connectivity index (χ3v) is 12.0. The monoisotopic (exact) mass is 763 g/mol. The van der Waals surface area contributed by atoms with Crippen LogP contribution in [0.25, 0.3) is 0 Å². The van der Waals surface area contributed by atoms with Crippen LogP contribution in [-0.4, -0.2) is 81.9 Å². The van der Waals surface area contributed by atoms with Crippen molar-refractivity contribution in [1.82, 2.24) is 15.5 Å². The Morgan fingerprint density at radius 2 is 1.70 bits per heavy atom. The van der Waals surface area contributed by atoms with E-state index in [9.17, 15) is 19.5 Å². The van der Waals surface area contributed by atoms with Gasteiger partial charge in [-0.3, -0.25) is 14.5 Å². The molecule has 1 aliphatic heterocycles. The lowest BCUT2D eigenvalue weighted by molar-refractivity contribution is -0.125. The number of nitrogens with zero attached hydrogens (tertiary/aromatic N) is 1. The second-order valence-corrected chi connectivity index (χ2v) is 16.9. The van der Waals surface area contributed by atoms with Gasteiger partial charge in [-0.25, -0.2) is 4.79 Å². The molecule has 3 aromatic rings. The molecule has 2 unspecified atom stereocenters. The maximum atomic E-state index is 14.2. The van der Waals surface area contributed by atoms with Crippen LogP contribution < -0.4 is 20.1 Å².